The molecule has 6 heteroatoms. The summed E-state index contributed by atoms with van der Waals surface area (Å²) in [6, 6.07) is 6.84. The smallest absolute Gasteiger partial charge is 0.253 e. The molecule has 2 aromatic rings. The minimum Gasteiger partial charge on any atom is -0.394 e. The van der Waals surface area contributed by atoms with E-state index in [0.717, 1.165) is 5.82 Å². The summed E-state index contributed by atoms with van der Waals surface area (Å²) in [6.45, 7) is 0.0889. The zero-order valence-electron chi connectivity index (χ0n) is 11.2. The fourth-order valence-electron chi connectivity index (χ4n) is 1.77. The van der Waals surface area contributed by atoms with Crippen LogP contribution >= 0.6 is 0 Å². The molecule has 0 saturated carbocycles. The first kappa shape index (κ1) is 14.2. The van der Waals surface area contributed by atoms with Crippen molar-refractivity contribution in [2.75, 3.05) is 20.3 Å². The minimum absolute atomic E-state index is 0.172. The van der Waals surface area contributed by atoms with Gasteiger partial charge in [-0.25, -0.2) is 4.98 Å². The zero-order valence-corrected chi connectivity index (χ0v) is 11.2. The number of ether oxygens (including phenoxy) is 1. The number of amides is 1. The molecule has 2 rings (SSSR count). The Morgan fingerprint density at radius 1 is 1.45 bits per heavy atom. The van der Waals surface area contributed by atoms with Gasteiger partial charge in [-0.2, -0.15) is 0 Å². The van der Waals surface area contributed by atoms with Crippen molar-refractivity contribution in [3.63, 3.8) is 0 Å². The van der Waals surface area contributed by atoms with E-state index in [9.17, 15) is 4.79 Å². The fourth-order valence-corrected chi connectivity index (χ4v) is 1.77. The van der Waals surface area contributed by atoms with Gasteiger partial charge in [0.25, 0.3) is 5.91 Å². The second kappa shape index (κ2) is 6.83. The van der Waals surface area contributed by atoms with Gasteiger partial charge in [-0.05, 0) is 24.3 Å². The third-order valence-corrected chi connectivity index (χ3v) is 2.80. The van der Waals surface area contributed by atoms with E-state index in [2.05, 4.69) is 10.3 Å². The Labute approximate surface area is 117 Å². The summed E-state index contributed by atoms with van der Waals surface area (Å²) in [5.41, 5.74) is 0.440. The Hall–Kier alpha value is -2.18. The molecule has 0 aliphatic carbocycles. The van der Waals surface area contributed by atoms with Crippen LogP contribution in [0, 0.1) is 0 Å². The van der Waals surface area contributed by atoms with Gasteiger partial charge in [0.15, 0.2) is 0 Å². The van der Waals surface area contributed by atoms with Crippen molar-refractivity contribution < 1.29 is 14.6 Å². The molecule has 0 aliphatic heterocycles. The average Bonchev–Trinajstić information content (AvgIpc) is 3.01. The van der Waals surface area contributed by atoms with E-state index >= 15 is 0 Å². The number of pyridine rings is 1. The summed E-state index contributed by atoms with van der Waals surface area (Å²) in [5.74, 6) is 0.454. The van der Waals surface area contributed by atoms with E-state index in [1.807, 2.05) is 29.1 Å². The van der Waals surface area contributed by atoms with Crippen molar-refractivity contribution in [2.45, 2.75) is 6.04 Å². The monoisotopic (exact) mass is 275 g/mol. The first-order valence-electron chi connectivity index (χ1n) is 6.24. The van der Waals surface area contributed by atoms with Crippen molar-refractivity contribution in [3.8, 4) is 5.82 Å². The summed E-state index contributed by atoms with van der Waals surface area (Å²) in [4.78, 5) is 16.2. The van der Waals surface area contributed by atoms with Crippen molar-refractivity contribution in [3.05, 3.63) is 48.4 Å². The predicted octanol–water partition coefficient (Wildman–Crippen LogP) is 0.609. The van der Waals surface area contributed by atoms with Crippen molar-refractivity contribution in [2.24, 2.45) is 0 Å². The number of aromatic nitrogens is 2. The normalized spacial score (nSPS) is 12.1. The molecule has 2 aromatic heterocycles. The molecule has 0 aliphatic rings. The Kier molecular flexibility index (Phi) is 4.86. The number of carbonyl (C=O) groups excluding carboxylic acids is 1. The molecular weight excluding hydrogens is 258 g/mol. The molecule has 0 fully saturated rings. The van der Waals surface area contributed by atoms with E-state index in [1.54, 1.807) is 12.1 Å². The molecular formula is C14H17N3O3. The van der Waals surface area contributed by atoms with Crippen molar-refractivity contribution >= 4 is 5.91 Å². The van der Waals surface area contributed by atoms with Crippen LogP contribution in [0.5, 0.6) is 0 Å². The van der Waals surface area contributed by atoms with Crippen LogP contribution in [0.3, 0.4) is 0 Å². The standard InChI is InChI=1S/C14H17N3O3/c1-20-10-12(9-18)16-14(19)11-4-5-13(15-8-11)17-6-2-3-7-17/h2-8,12,18H,9-10H2,1H3,(H,16,19)/t12-/m0/s1. The van der Waals surface area contributed by atoms with Crippen LogP contribution in [0.2, 0.25) is 0 Å². The topological polar surface area (TPSA) is 76.4 Å². The van der Waals surface area contributed by atoms with Crippen LogP contribution in [-0.4, -0.2) is 46.9 Å². The van der Waals surface area contributed by atoms with Gasteiger partial charge < -0.3 is 19.7 Å². The van der Waals surface area contributed by atoms with E-state index in [-0.39, 0.29) is 19.1 Å². The van der Waals surface area contributed by atoms with Gasteiger partial charge >= 0.3 is 0 Å². The largest absolute Gasteiger partial charge is 0.394 e. The van der Waals surface area contributed by atoms with Crippen molar-refractivity contribution in [1.82, 2.24) is 14.9 Å². The highest BCUT2D eigenvalue weighted by atomic mass is 16.5. The minimum atomic E-state index is -0.420. The molecule has 0 spiro atoms. The number of hydrogen-bond acceptors (Lipinski definition) is 4. The third kappa shape index (κ3) is 3.43. The molecule has 1 amide bonds. The molecule has 20 heavy (non-hydrogen) atoms. The lowest BCUT2D eigenvalue weighted by Gasteiger charge is -2.15. The van der Waals surface area contributed by atoms with Gasteiger partial charge in [0.1, 0.15) is 5.82 Å². The van der Waals surface area contributed by atoms with Crippen LogP contribution in [0.1, 0.15) is 10.4 Å². The molecule has 0 aromatic carbocycles. The number of rotatable bonds is 6. The molecule has 0 saturated heterocycles. The lowest BCUT2D eigenvalue weighted by molar-refractivity contribution is 0.0839. The third-order valence-electron chi connectivity index (χ3n) is 2.80. The van der Waals surface area contributed by atoms with E-state index in [1.165, 1.54) is 13.3 Å². The van der Waals surface area contributed by atoms with Gasteiger partial charge in [0.2, 0.25) is 0 Å². The Balaban J connectivity index is 2.04. The Bertz CT molecular complexity index is 537. The Morgan fingerprint density at radius 2 is 2.20 bits per heavy atom. The molecule has 0 bridgehead atoms. The highest BCUT2D eigenvalue weighted by Gasteiger charge is 2.13. The highest BCUT2D eigenvalue weighted by Crippen LogP contribution is 2.06. The number of aliphatic hydroxyl groups excluding tert-OH is 1. The fraction of sp³-hybridized carbons (Fsp3) is 0.286. The van der Waals surface area contributed by atoms with Gasteiger partial charge in [-0.15, -0.1) is 0 Å². The van der Waals surface area contributed by atoms with Crippen LogP contribution in [0.15, 0.2) is 42.9 Å². The molecule has 0 unspecified atom stereocenters. The molecule has 2 N–H and O–H groups in total. The molecule has 106 valence electrons. The quantitative estimate of drug-likeness (QED) is 0.810. The van der Waals surface area contributed by atoms with Crippen LogP contribution in [-0.2, 0) is 4.74 Å². The summed E-state index contributed by atoms with van der Waals surface area (Å²) in [7, 11) is 1.52. The number of nitrogens with zero attached hydrogens (tertiary/aromatic N) is 2. The SMILES string of the molecule is COC[C@H](CO)NC(=O)c1ccc(-n2cccc2)nc1. The number of carbonyl (C=O) groups is 1. The van der Waals surface area contributed by atoms with Gasteiger partial charge in [-0.3, -0.25) is 4.79 Å². The summed E-state index contributed by atoms with van der Waals surface area (Å²) >= 11 is 0. The Morgan fingerprint density at radius 3 is 2.75 bits per heavy atom. The second-order valence-electron chi connectivity index (χ2n) is 4.30. The molecule has 1 atom stereocenters. The van der Waals surface area contributed by atoms with Crippen molar-refractivity contribution in [1.29, 1.82) is 0 Å². The second-order valence-corrected chi connectivity index (χ2v) is 4.30. The lowest BCUT2D eigenvalue weighted by atomic mass is 10.2. The average molecular weight is 275 g/mol. The maximum Gasteiger partial charge on any atom is 0.253 e. The molecule has 0 radical (unpaired) electrons. The number of aliphatic hydroxyl groups is 1. The first-order chi connectivity index (χ1) is 9.74. The van der Waals surface area contributed by atoms with Crippen LogP contribution in [0.4, 0.5) is 0 Å². The van der Waals surface area contributed by atoms with E-state index < -0.39 is 6.04 Å². The predicted molar refractivity (Wildman–Crippen MR) is 73.8 cm³/mol. The highest BCUT2D eigenvalue weighted by molar-refractivity contribution is 5.94. The van der Waals surface area contributed by atoms with E-state index in [4.69, 9.17) is 9.84 Å². The van der Waals surface area contributed by atoms with Gasteiger partial charge in [-0.1, -0.05) is 0 Å². The summed E-state index contributed by atoms with van der Waals surface area (Å²) < 4.78 is 6.76. The first-order valence-corrected chi connectivity index (χ1v) is 6.24. The maximum atomic E-state index is 12.0. The number of nitrogens with one attached hydrogen (secondary N) is 1. The van der Waals surface area contributed by atoms with Gasteiger partial charge in [0.05, 0.1) is 24.8 Å². The number of hydrogen-bond donors (Lipinski definition) is 2. The maximum absolute atomic E-state index is 12.0. The van der Waals surface area contributed by atoms with Gasteiger partial charge in [0, 0.05) is 25.7 Å². The number of methoxy groups -OCH3 is 1. The van der Waals surface area contributed by atoms with Crippen LogP contribution < -0.4 is 5.32 Å². The summed E-state index contributed by atoms with van der Waals surface area (Å²) in [5, 5.41) is 11.8. The van der Waals surface area contributed by atoms with Crippen LogP contribution in [0.25, 0.3) is 5.82 Å². The zero-order chi connectivity index (χ0) is 14.4. The lowest BCUT2D eigenvalue weighted by Crippen LogP contribution is -2.40. The van der Waals surface area contributed by atoms with E-state index in [0.29, 0.717) is 5.56 Å². The summed E-state index contributed by atoms with van der Waals surface area (Å²) in [6.07, 6.45) is 5.26. The molecule has 6 nitrogen and oxygen atoms in total. The molecule has 2 heterocycles.